The van der Waals surface area contributed by atoms with Gasteiger partial charge in [-0.25, -0.2) is 4.79 Å². The summed E-state index contributed by atoms with van der Waals surface area (Å²) >= 11 is 0. The van der Waals surface area contributed by atoms with Crippen LogP contribution in [0.3, 0.4) is 0 Å². The Labute approximate surface area is 103 Å². The summed E-state index contributed by atoms with van der Waals surface area (Å²) in [6.45, 7) is 0.883. The van der Waals surface area contributed by atoms with Crippen LogP contribution in [-0.4, -0.2) is 47.8 Å². The summed E-state index contributed by atoms with van der Waals surface area (Å²) in [6, 6.07) is 0.677. The number of carbonyl (C=O) groups is 1. The summed E-state index contributed by atoms with van der Waals surface area (Å²) in [7, 11) is 2.15. The summed E-state index contributed by atoms with van der Waals surface area (Å²) in [5.41, 5.74) is 0. The van der Waals surface area contributed by atoms with Crippen LogP contribution in [0.1, 0.15) is 44.9 Å². The molecule has 17 heavy (non-hydrogen) atoms. The molecule has 0 unspecified atom stereocenters. The van der Waals surface area contributed by atoms with E-state index < -0.39 is 12.1 Å². The van der Waals surface area contributed by atoms with Crippen LogP contribution < -0.4 is 0 Å². The van der Waals surface area contributed by atoms with E-state index in [1.165, 1.54) is 32.1 Å². The predicted molar refractivity (Wildman–Crippen MR) is 65.0 cm³/mol. The Morgan fingerprint density at radius 2 is 1.94 bits per heavy atom. The maximum Gasteiger partial charge on any atom is 0.332 e. The van der Waals surface area contributed by atoms with E-state index >= 15 is 0 Å². The fourth-order valence-electron chi connectivity index (χ4n) is 3.01. The molecule has 98 valence electrons. The van der Waals surface area contributed by atoms with Crippen molar-refractivity contribution >= 4 is 5.97 Å². The largest absolute Gasteiger partial charge is 0.479 e. The molecule has 4 heteroatoms. The molecule has 2 rings (SSSR count). The molecule has 2 aliphatic rings. The summed E-state index contributed by atoms with van der Waals surface area (Å²) in [5, 5.41) is 8.88. The third kappa shape index (κ3) is 3.42. The van der Waals surface area contributed by atoms with E-state index in [9.17, 15) is 4.79 Å². The molecule has 1 heterocycles. The second-order valence-corrected chi connectivity index (χ2v) is 5.39. The topological polar surface area (TPSA) is 49.8 Å². The van der Waals surface area contributed by atoms with E-state index in [4.69, 9.17) is 9.84 Å². The molecule has 2 atom stereocenters. The molecule has 0 radical (unpaired) electrons. The van der Waals surface area contributed by atoms with Crippen molar-refractivity contribution in [2.75, 3.05) is 13.6 Å². The second-order valence-electron chi connectivity index (χ2n) is 5.39. The normalized spacial score (nSPS) is 30.9. The third-order valence-electron chi connectivity index (χ3n) is 4.07. The van der Waals surface area contributed by atoms with Crippen molar-refractivity contribution in [3.8, 4) is 0 Å². The standard InChI is InChI=1S/C13H23NO3/c1-14(10-5-3-2-4-6-10)9-11-7-8-12(17-11)13(15)16/h10-12H,2-9H2,1H3,(H,15,16)/t11-,12+/m0/s1. The lowest BCUT2D eigenvalue weighted by atomic mass is 9.94. The highest BCUT2D eigenvalue weighted by atomic mass is 16.5. The summed E-state index contributed by atoms with van der Waals surface area (Å²) < 4.78 is 5.54. The van der Waals surface area contributed by atoms with Crippen molar-refractivity contribution in [1.29, 1.82) is 0 Å². The van der Waals surface area contributed by atoms with E-state index in [1.54, 1.807) is 0 Å². The molecule has 2 fully saturated rings. The average Bonchev–Trinajstić information content (AvgIpc) is 2.79. The van der Waals surface area contributed by atoms with E-state index in [0.29, 0.717) is 12.5 Å². The minimum absolute atomic E-state index is 0.114. The van der Waals surface area contributed by atoms with Crippen LogP contribution >= 0.6 is 0 Å². The number of hydrogen-bond donors (Lipinski definition) is 1. The fraction of sp³-hybridized carbons (Fsp3) is 0.923. The van der Waals surface area contributed by atoms with Gasteiger partial charge in [0.15, 0.2) is 6.10 Å². The number of likely N-dealkylation sites (N-methyl/N-ethyl adjacent to an activating group) is 1. The molecule has 0 aromatic carbocycles. The van der Waals surface area contributed by atoms with Crippen LogP contribution in [-0.2, 0) is 9.53 Å². The first-order valence-corrected chi connectivity index (χ1v) is 6.75. The molecule has 0 amide bonds. The van der Waals surface area contributed by atoms with Gasteiger partial charge >= 0.3 is 5.97 Å². The predicted octanol–water partition coefficient (Wildman–Crippen LogP) is 1.88. The van der Waals surface area contributed by atoms with Gasteiger partial charge in [-0.2, -0.15) is 0 Å². The quantitative estimate of drug-likeness (QED) is 0.816. The number of ether oxygens (including phenoxy) is 1. The molecular weight excluding hydrogens is 218 g/mol. The zero-order valence-corrected chi connectivity index (χ0v) is 10.6. The van der Waals surface area contributed by atoms with Gasteiger partial charge in [-0.3, -0.25) is 0 Å². The van der Waals surface area contributed by atoms with Crippen LogP contribution in [0.4, 0.5) is 0 Å². The molecule has 4 nitrogen and oxygen atoms in total. The lowest BCUT2D eigenvalue weighted by Gasteiger charge is -2.32. The summed E-state index contributed by atoms with van der Waals surface area (Å²) in [6.07, 6.45) is 7.69. The van der Waals surface area contributed by atoms with Crippen molar-refractivity contribution < 1.29 is 14.6 Å². The Morgan fingerprint density at radius 1 is 1.24 bits per heavy atom. The number of carboxylic acid groups (broad SMARTS) is 1. The van der Waals surface area contributed by atoms with Gasteiger partial charge in [0.05, 0.1) is 6.10 Å². The van der Waals surface area contributed by atoms with Gasteiger partial charge in [0, 0.05) is 12.6 Å². The number of carboxylic acids is 1. The van der Waals surface area contributed by atoms with Gasteiger partial charge in [-0.1, -0.05) is 19.3 Å². The summed E-state index contributed by atoms with van der Waals surface area (Å²) in [5.74, 6) is -0.812. The maximum atomic E-state index is 10.8. The number of aliphatic carboxylic acids is 1. The van der Waals surface area contributed by atoms with Crippen molar-refractivity contribution in [2.45, 2.75) is 63.2 Å². The Kier molecular flexibility index (Phi) is 4.40. The number of hydrogen-bond acceptors (Lipinski definition) is 3. The molecule has 0 spiro atoms. The fourth-order valence-corrected chi connectivity index (χ4v) is 3.01. The van der Waals surface area contributed by atoms with Gasteiger partial charge in [0.2, 0.25) is 0 Å². The molecule has 1 saturated carbocycles. The molecule has 1 aliphatic heterocycles. The maximum absolute atomic E-state index is 10.8. The molecule has 1 saturated heterocycles. The van der Waals surface area contributed by atoms with E-state index in [1.807, 2.05) is 0 Å². The van der Waals surface area contributed by atoms with Gasteiger partial charge in [0.25, 0.3) is 0 Å². The Hall–Kier alpha value is -0.610. The van der Waals surface area contributed by atoms with Crippen molar-refractivity contribution in [3.05, 3.63) is 0 Å². The highest BCUT2D eigenvalue weighted by Gasteiger charge is 2.32. The van der Waals surface area contributed by atoms with Crippen LogP contribution in [0.2, 0.25) is 0 Å². The first-order valence-electron chi connectivity index (χ1n) is 6.75. The highest BCUT2D eigenvalue weighted by molar-refractivity contribution is 5.72. The van der Waals surface area contributed by atoms with Gasteiger partial charge < -0.3 is 14.7 Å². The van der Waals surface area contributed by atoms with Crippen molar-refractivity contribution in [1.82, 2.24) is 4.90 Å². The first kappa shape index (κ1) is 12.8. The Bertz CT molecular complexity index is 263. The molecule has 0 aromatic rings. The lowest BCUT2D eigenvalue weighted by molar-refractivity contribution is -0.149. The van der Waals surface area contributed by atoms with Crippen LogP contribution in [0.15, 0.2) is 0 Å². The average molecular weight is 241 g/mol. The molecular formula is C13H23NO3. The molecule has 1 aliphatic carbocycles. The van der Waals surface area contributed by atoms with Crippen LogP contribution in [0, 0.1) is 0 Å². The highest BCUT2D eigenvalue weighted by Crippen LogP contribution is 2.25. The van der Waals surface area contributed by atoms with Crippen molar-refractivity contribution in [3.63, 3.8) is 0 Å². The van der Waals surface area contributed by atoms with E-state index in [-0.39, 0.29) is 6.10 Å². The smallest absolute Gasteiger partial charge is 0.332 e. The zero-order valence-electron chi connectivity index (χ0n) is 10.6. The summed E-state index contributed by atoms with van der Waals surface area (Å²) in [4.78, 5) is 13.2. The monoisotopic (exact) mass is 241 g/mol. The number of rotatable bonds is 4. The number of nitrogens with zero attached hydrogens (tertiary/aromatic N) is 1. The van der Waals surface area contributed by atoms with Gasteiger partial charge in [0.1, 0.15) is 0 Å². The third-order valence-corrected chi connectivity index (χ3v) is 4.07. The Balaban J connectivity index is 1.75. The molecule has 0 aromatic heterocycles. The van der Waals surface area contributed by atoms with Crippen LogP contribution in [0.25, 0.3) is 0 Å². The molecule has 0 bridgehead atoms. The first-order chi connectivity index (χ1) is 8.16. The van der Waals surface area contributed by atoms with E-state index in [0.717, 1.165) is 13.0 Å². The minimum Gasteiger partial charge on any atom is -0.479 e. The lowest BCUT2D eigenvalue weighted by Crippen LogP contribution is -2.39. The molecule has 1 N–H and O–H groups in total. The second kappa shape index (κ2) is 5.83. The van der Waals surface area contributed by atoms with Gasteiger partial charge in [-0.15, -0.1) is 0 Å². The van der Waals surface area contributed by atoms with Gasteiger partial charge in [-0.05, 0) is 32.7 Å². The van der Waals surface area contributed by atoms with Crippen molar-refractivity contribution in [2.24, 2.45) is 0 Å². The Morgan fingerprint density at radius 3 is 2.53 bits per heavy atom. The SMILES string of the molecule is CN(C[C@@H]1CC[C@H](C(=O)O)O1)C1CCCCC1. The zero-order chi connectivity index (χ0) is 12.3. The van der Waals surface area contributed by atoms with E-state index in [2.05, 4.69) is 11.9 Å². The minimum atomic E-state index is -0.812. The van der Waals surface area contributed by atoms with Crippen LogP contribution in [0.5, 0.6) is 0 Å².